The van der Waals surface area contributed by atoms with Gasteiger partial charge in [-0.15, -0.1) is 0 Å². The number of pyridine rings is 1. The Hall–Kier alpha value is -1.95. The smallest absolute Gasteiger partial charge is 0.372 e. The third-order valence-corrected chi connectivity index (χ3v) is 2.13. The highest BCUT2D eigenvalue weighted by molar-refractivity contribution is 5.93. The molecule has 0 aliphatic rings. The first-order valence-electron chi connectivity index (χ1n) is 5.71. The molecule has 0 spiro atoms. The second kappa shape index (κ2) is 7.39. The van der Waals surface area contributed by atoms with Crippen LogP contribution in [0.5, 0.6) is 0 Å². The van der Waals surface area contributed by atoms with Crippen molar-refractivity contribution in [3.8, 4) is 0 Å². The van der Waals surface area contributed by atoms with Crippen molar-refractivity contribution in [2.24, 2.45) is 0 Å². The molecule has 0 fully saturated rings. The predicted octanol–water partition coefficient (Wildman–Crippen LogP) is -0.741. The van der Waals surface area contributed by atoms with E-state index in [1.165, 1.54) is 0 Å². The Labute approximate surface area is 105 Å². The maximum absolute atomic E-state index is 11.6. The van der Waals surface area contributed by atoms with Crippen molar-refractivity contribution in [2.45, 2.75) is 13.5 Å². The average molecular weight is 253 g/mol. The van der Waals surface area contributed by atoms with Gasteiger partial charge < -0.3 is 15.2 Å². The topological polar surface area (TPSA) is 79.5 Å². The Kier molecular flexibility index (Phi) is 5.79. The lowest BCUT2D eigenvalue weighted by Gasteiger charge is -2.02. The third kappa shape index (κ3) is 4.50. The van der Waals surface area contributed by atoms with Gasteiger partial charge in [0.2, 0.25) is 6.54 Å². The summed E-state index contributed by atoms with van der Waals surface area (Å²) >= 11 is 0. The zero-order valence-electron chi connectivity index (χ0n) is 10.3. The Bertz CT molecular complexity index is 420. The number of ether oxygens (including phenoxy) is 1. The van der Waals surface area contributed by atoms with Gasteiger partial charge in [0, 0.05) is 12.6 Å². The molecule has 0 aliphatic heterocycles. The van der Waals surface area contributed by atoms with Crippen LogP contribution in [0.25, 0.3) is 0 Å². The van der Waals surface area contributed by atoms with Gasteiger partial charge >= 0.3 is 5.97 Å². The van der Waals surface area contributed by atoms with Gasteiger partial charge in [-0.1, -0.05) is 0 Å². The number of rotatable bonds is 6. The summed E-state index contributed by atoms with van der Waals surface area (Å²) in [5, 5.41) is 11.1. The molecule has 1 heterocycles. The normalized spacial score (nSPS) is 9.89. The molecular weight excluding hydrogens is 236 g/mol. The summed E-state index contributed by atoms with van der Waals surface area (Å²) in [4.78, 5) is 22.9. The first-order chi connectivity index (χ1) is 8.67. The number of aliphatic hydroxyl groups excluding tert-OH is 1. The molecule has 0 aliphatic carbocycles. The second-order valence-electron chi connectivity index (χ2n) is 3.55. The number of carbonyl (C=O) groups is 2. The van der Waals surface area contributed by atoms with E-state index in [0.717, 1.165) is 0 Å². The number of hydrogen-bond donors (Lipinski definition) is 2. The minimum absolute atomic E-state index is 0.0644. The van der Waals surface area contributed by atoms with Gasteiger partial charge in [0.1, 0.15) is 5.56 Å². The zero-order valence-corrected chi connectivity index (χ0v) is 10.3. The molecule has 1 amide bonds. The lowest BCUT2D eigenvalue weighted by Crippen LogP contribution is -2.39. The minimum Gasteiger partial charge on any atom is -0.461 e. The van der Waals surface area contributed by atoms with Gasteiger partial charge in [0.25, 0.3) is 5.91 Å². The number of carbonyl (C=O) groups excluding carboxylic acids is 2. The quantitative estimate of drug-likeness (QED) is 0.517. The maximum Gasteiger partial charge on any atom is 0.372 e. The van der Waals surface area contributed by atoms with Crippen molar-refractivity contribution in [3.63, 3.8) is 0 Å². The molecule has 6 heteroatoms. The largest absolute Gasteiger partial charge is 0.461 e. The fraction of sp³-hybridized carbons (Fsp3) is 0.417. The van der Waals surface area contributed by atoms with Gasteiger partial charge in [0.15, 0.2) is 12.4 Å². The van der Waals surface area contributed by atoms with Crippen LogP contribution in [0.2, 0.25) is 0 Å². The number of aliphatic hydroxyl groups is 1. The van der Waals surface area contributed by atoms with Crippen LogP contribution < -0.4 is 9.88 Å². The van der Waals surface area contributed by atoms with Crippen LogP contribution in [0.15, 0.2) is 24.5 Å². The van der Waals surface area contributed by atoms with E-state index in [1.807, 2.05) is 0 Å². The molecule has 1 aromatic heterocycles. The molecule has 0 saturated carbocycles. The van der Waals surface area contributed by atoms with Gasteiger partial charge in [-0.25, -0.2) is 4.79 Å². The molecule has 0 radical (unpaired) electrons. The highest BCUT2D eigenvalue weighted by Gasteiger charge is 2.13. The fourth-order valence-corrected chi connectivity index (χ4v) is 1.38. The van der Waals surface area contributed by atoms with E-state index in [4.69, 9.17) is 9.84 Å². The molecule has 6 nitrogen and oxygen atoms in total. The monoisotopic (exact) mass is 253 g/mol. The summed E-state index contributed by atoms with van der Waals surface area (Å²) in [6, 6.07) is 3.31. The molecule has 0 aromatic carbocycles. The summed E-state index contributed by atoms with van der Waals surface area (Å²) in [5.41, 5.74) is 0.426. The summed E-state index contributed by atoms with van der Waals surface area (Å²) in [5.74, 6) is -0.641. The maximum atomic E-state index is 11.6. The SMILES string of the molecule is CCOC(=O)C[n+]1cccc(C(=O)NCCO)c1. The molecule has 1 aromatic rings. The van der Waals surface area contributed by atoms with Crippen LogP contribution in [0.4, 0.5) is 0 Å². The van der Waals surface area contributed by atoms with Gasteiger partial charge in [-0.05, 0) is 13.0 Å². The van der Waals surface area contributed by atoms with Crippen LogP contribution in [-0.2, 0) is 16.1 Å². The Morgan fingerprint density at radius 3 is 2.94 bits per heavy atom. The first kappa shape index (κ1) is 14.1. The first-order valence-corrected chi connectivity index (χ1v) is 5.71. The Balaban J connectivity index is 2.67. The van der Waals surface area contributed by atoms with E-state index < -0.39 is 0 Å². The number of nitrogens with one attached hydrogen (secondary N) is 1. The van der Waals surface area contributed by atoms with Crippen LogP contribution in [-0.4, -0.2) is 36.7 Å². The number of amides is 1. The lowest BCUT2D eigenvalue weighted by molar-refractivity contribution is -0.686. The van der Waals surface area contributed by atoms with E-state index in [1.54, 1.807) is 36.0 Å². The van der Waals surface area contributed by atoms with E-state index >= 15 is 0 Å². The summed E-state index contributed by atoms with van der Waals surface area (Å²) in [7, 11) is 0. The number of esters is 1. The molecule has 0 atom stereocenters. The second-order valence-corrected chi connectivity index (χ2v) is 3.55. The number of hydrogen-bond acceptors (Lipinski definition) is 4. The van der Waals surface area contributed by atoms with E-state index in [-0.39, 0.29) is 31.6 Å². The molecule has 0 unspecified atom stereocenters. The summed E-state index contributed by atoms with van der Waals surface area (Å²) < 4.78 is 6.39. The van der Waals surface area contributed by atoms with Crippen molar-refractivity contribution in [1.82, 2.24) is 5.32 Å². The predicted molar refractivity (Wildman–Crippen MR) is 62.7 cm³/mol. The number of nitrogens with zero attached hydrogens (tertiary/aromatic N) is 1. The third-order valence-electron chi connectivity index (χ3n) is 2.13. The Morgan fingerprint density at radius 2 is 2.28 bits per heavy atom. The molecule has 0 bridgehead atoms. The van der Waals surface area contributed by atoms with E-state index in [2.05, 4.69) is 5.32 Å². The lowest BCUT2D eigenvalue weighted by atomic mass is 10.2. The van der Waals surface area contributed by atoms with Crippen LogP contribution in [0, 0.1) is 0 Å². The van der Waals surface area contributed by atoms with Crippen molar-refractivity contribution < 1.29 is 24.0 Å². The van der Waals surface area contributed by atoms with E-state index in [0.29, 0.717) is 12.2 Å². The molecule has 2 N–H and O–H groups in total. The van der Waals surface area contributed by atoms with Gasteiger partial charge in [-0.2, -0.15) is 4.57 Å². The molecule has 0 saturated heterocycles. The fourth-order valence-electron chi connectivity index (χ4n) is 1.38. The molecule has 98 valence electrons. The highest BCUT2D eigenvalue weighted by Crippen LogP contribution is 1.94. The van der Waals surface area contributed by atoms with Crippen molar-refractivity contribution in [2.75, 3.05) is 19.8 Å². The van der Waals surface area contributed by atoms with Crippen molar-refractivity contribution in [1.29, 1.82) is 0 Å². The molecular formula is C12H17N2O4+. The van der Waals surface area contributed by atoms with Crippen LogP contribution >= 0.6 is 0 Å². The zero-order chi connectivity index (χ0) is 13.4. The minimum atomic E-state index is -0.351. The van der Waals surface area contributed by atoms with Gasteiger partial charge in [0.05, 0.1) is 13.2 Å². The van der Waals surface area contributed by atoms with Crippen molar-refractivity contribution in [3.05, 3.63) is 30.1 Å². The number of aromatic nitrogens is 1. The summed E-state index contributed by atoms with van der Waals surface area (Å²) in [6.07, 6.45) is 3.24. The molecule has 18 heavy (non-hydrogen) atoms. The average Bonchev–Trinajstić information content (AvgIpc) is 2.36. The van der Waals surface area contributed by atoms with Crippen molar-refractivity contribution >= 4 is 11.9 Å². The molecule has 1 rings (SSSR count). The van der Waals surface area contributed by atoms with Crippen LogP contribution in [0.3, 0.4) is 0 Å². The van der Waals surface area contributed by atoms with Crippen LogP contribution in [0.1, 0.15) is 17.3 Å². The summed E-state index contributed by atoms with van der Waals surface area (Å²) in [6.45, 7) is 2.22. The Morgan fingerprint density at radius 1 is 1.50 bits per heavy atom. The highest BCUT2D eigenvalue weighted by atomic mass is 16.5. The standard InChI is InChI=1S/C12H16N2O4/c1-2-18-11(16)9-14-6-3-4-10(8-14)12(17)13-5-7-15/h3-4,6,8,15H,2,5,7,9H2,1H3/p+1. The van der Waals surface area contributed by atoms with Gasteiger partial charge in [-0.3, -0.25) is 4.79 Å². The van der Waals surface area contributed by atoms with E-state index in [9.17, 15) is 9.59 Å².